The second-order valence-corrected chi connectivity index (χ2v) is 6.09. The molecule has 0 fully saturated rings. The van der Waals surface area contributed by atoms with Crippen LogP contribution in [0.25, 0.3) is 0 Å². The molecular formula is C21H27NO5. The van der Waals surface area contributed by atoms with Crippen LogP contribution in [0.3, 0.4) is 0 Å². The molecule has 6 nitrogen and oxygen atoms in total. The first kappa shape index (κ1) is 20.4. The summed E-state index contributed by atoms with van der Waals surface area (Å²) in [7, 11) is 3.22. The predicted molar refractivity (Wildman–Crippen MR) is 104 cm³/mol. The van der Waals surface area contributed by atoms with E-state index in [-0.39, 0.29) is 11.9 Å². The summed E-state index contributed by atoms with van der Waals surface area (Å²) in [6, 6.07) is 14.3. The van der Waals surface area contributed by atoms with Crippen molar-refractivity contribution in [2.45, 2.75) is 32.4 Å². The average Bonchev–Trinajstić information content (AvgIpc) is 2.71. The lowest BCUT2D eigenvalue weighted by molar-refractivity contribution is -0.128. The van der Waals surface area contributed by atoms with Crippen LogP contribution in [0.15, 0.2) is 48.5 Å². The Morgan fingerprint density at radius 3 is 1.85 bits per heavy atom. The van der Waals surface area contributed by atoms with Crippen LogP contribution in [-0.2, 0) is 4.79 Å². The molecule has 2 rings (SSSR count). The molecule has 0 aliphatic rings. The fourth-order valence-corrected chi connectivity index (χ4v) is 2.41. The molecule has 1 N–H and O–H groups in total. The Labute approximate surface area is 160 Å². The summed E-state index contributed by atoms with van der Waals surface area (Å²) in [6.07, 6.45) is -0.00830. The van der Waals surface area contributed by atoms with Gasteiger partial charge in [0, 0.05) is 0 Å². The van der Waals surface area contributed by atoms with E-state index in [0.29, 0.717) is 18.8 Å². The maximum Gasteiger partial charge on any atom is 0.261 e. The Balaban J connectivity index is 1.82. The van der Waals surface area contributed by atoms with Crippen LogP contribution in [-0.4, -0.2) is 38.9 Å². The highest BCUT2D eigenvalue weighted by Gasteiger charge is 2.20. The van der Waals surface area contributed by atoms with Gasteiger partial charge >= 0.3 is 0 Å². The molecule has 0 radical (unpaired) electrons. The second-order valence-electron chi connectivity index (χ2n) is 6.09. The molecule has 0 saturated carbocycles. The van der Waals surface area contributed by atoms with E-state index in [2.05, 4.69) is 5.32 Å². The van der Waals surface area contributed by atoms with Gasteiger partial charge in [-0.1, -0.05) is 6.92 Å². The van der Waals surface area contributed by atoms with Gasteiger partial charge in [0.2, 0.25) is 0 Å². The maximum atomic E-state index is 12.5. The third-order valence-electron chi connectivity index (χ3n) is 3.95. The number of benzene rings is 2. The Bertz CT molecular complexity index is 700. The lowest BCUT2D eigenvalue weighted by Crippen LogP contribution is -2.44. The molecule has 0 bridgehead atoms. The SMILES string of the molecule is CC[C@H](Oc1ccc(OC)cc1)C(=O)N[C@H](C)COc1ccc(OC)cc1. The number of carbonyl (C=O) groups excluding carboxylic acids is 1. The van der Waals surface area contributed by atoms with Crippen LogP contribution < -0.4 is 24.3 Å². The van der Waals surface area contributed by atoms with E-state index in [1.54, 1.807) is 38.5 Å². The van der Waals surface area contributed by atoms with Crippen LogP contribution in [0.2, 0.25) is 0 Å². The first-order chi connectivity index (χ1) is 13.0. The monoisotopic (exact) mass is 373 g/mol. The zero-order valence-corrected chi connectivity index (χ0v) is 16.2. The van der Waals surface area contributed by atoms with Gasteiger partial charge in [-0.15, -0.1) is 0 Å². The number of carbonyl (C=O) groups is 1. The van der Waals surface area contributed by atoms with Crippen molar-refractivity contribution in [2.24, 2.45) is 0 Å². The number of hydrogen-bond donors (Lipinski definition) is 1. The summed E-state index contributed by atoms with van der Waals surface area (Å²) in [5.41, 5.74) is 0. The Kier molecular flexibility index (Phi) is 7.79. The second kappa shape index (κ2) is 10.3. The molecular weight excluding hydrogens is 346 g/mol. The molecule has 0 heterocycles. The van der Waals surface area contributed by atoms with Crippen molar-refractivity contribution >= 4 is 5.91 Å². The number of methoxy groups -OCH3 is 2. The molecule has 0 aromatic heterocycles. The lowest BCUT2D eigenvalue weighted by atomic mass is 10.2. The molecule has 146 valence electrons. The number of ether oxygens (including phenoxy) is 4. The first-order valence-corrected chi connectivity index (χ1v) is 8.93. The summed E-state index contributed by atoms with van der Waals surface area (Å²) in [5.74, 6) is 2.69. The van der Waals surface area contributed by atoms with E-state index in [1.807, 2.05) is 38.1 Å². The summed E-state index contributed by atoms with van der Waals surface area (Å²) in [4.78, 5) is 12.5. The Morgan fingerprint density at radius 1 is 0.889 bits per heavy atom. The fourth-order valence-electron chi connectivity index (χ4n) is 2.41. The Morgan fingerprint density at radius 2 is 1.37 bits per heavy atom. The van der Waals surface area contributed by atoms with E-state index < -0.39 is 6.10 Å². The molecule has 2 aromatic rings. The zero-order chi connectivity index (χ0) is 19.6. The van der Waals surface area contributed by atoms with Crippen molar-refractivity contribution < 1.29 is 23.7 Å². The van der Waals surface area contributed by atoms with Crippen LogP contribution in [0.5, 0.6) is 23.0 Å². The molecule has 0 unspecified atom stereocenters. The van der Waals surface area contributed by atoms with E-state index in [0.717, 1.165) is 17.2 Å². The largest absolute Gasteiger partial charge is 0.497 e. The minimum absolute atomic E-state index is 0.159. The van der Waals surface area contributed by atoms with Gasteiger partial charge < -0.3 is 24.3 Å². The molecule has 27 heavy (non-hydrogen) atoms. The predicted octanol–water partition coefficient (Wildman–Crippen LogP) is 3.44. The Hall–Kier alpha value is -2.89. The highest BCUT2D eigenvalue weighted by Crippen LogP contribution is 2.19. The molecule has 0 saturated heterocycles. The van der Waals surface area contributed by atoms with Crippen molar-refractivity contribution in [1.82, 2.24) is 5.32 Å². The van der Waals surface area contributed by atoms with Gasteiger partial charge in [0.05, 0.1) is 20.3 Å². The lowest BCUT2D eigenvalue weighted by Gasteiger charge is -2.21. The number of nitrogens with one attached hydrogen (secondary N) is 1. The van der Waals surface area contributed by atoms with E-state index >= 15 is 0 Å². The van der Waals surface area contributed by atoms with Gasteiger partial charge in [0.25, 0.3) is 5.91 Å². The third-order valence-corrected chi connectivity index (χ3v) is 3.95. The first-order valence-electron chi connectivity index (χ1n) is 8.93. The van der Waals surface area contributed by atoms with Crippen molar-refractivity contribution in [3.8, 4) is 23.0 Å². The molecule has 0 spiro atoms. The van der Waals surface area contributed by atoms with Gasteiger partial charge in [0.15, 0.2) is 6.10 Å². The smallest absolute Gasteiger partial charge is 0.261 e. The van der Waals surface area contributed by atoms with E-state index in [9.17, 15) is 4.79 Å². The minimum Gasteiger partial charge on any atom is -0.497 e. The standard InChI is InChI=1S/C21H27NO5/c1-5-20(27-19-12-8-17(25-4)9-13-19)21(23)22-15(2)14-26-18-10-6-16(24-3)7-11-18/h6-13,15,20H,5,14H2,1-4H3,(H,22,23)/t15-,20+/m1/s1. The van der Waals surface area contributed by atoms with Crippen LogP contribution in [0.1, 0.15) is 20.3 Å². The normalized spacial score (nSPS) is 12.6. The van der Waals surface area contributed by atoms with Gasteiger partial charge in [-0.2, -0.15) is 0 Å². The van der Waals surface area contributed by atoms with Gasteiger partial charge in [-0.05, 0) is 61.9 Å². The van der Waals surface area contributed by atoms with Crippen molar-refractivity contribution in [3.63, 3.8) is 0 Å². The van der Waals surface area contributed by atoms with E-state index in [4.69, 9.17) is 18.9 Å². The average molecular weight is 373 g/mol. The van der Waals surface area contributed by atoms with Crippen LogP contribution in [0.4, 0.5) is 0 Å². The summed E-state index contributed by atoms with van der Waals surface area (Å²) in [6.45, 7) is 4.16. The summed E-state index contributed by atoms with van der Waals surface area (Å²) >= 11 is 0. The minimum atomic E-state index is -0.568. The molecule has 0 aliphatic carbocycles. The van der Waals surface area contributed by atoms with Gasteiger partial charge in [-0.25, -0.2) is 0 Å². The highest BCUT2D eigenvalue weighted by molar-refractivity contribution is 5.81. The number of amides is 1. The highest BCUT2D eigenvalue weighted by atomic mass is 16.5. The van der Waals surface area contributed by atoms with Gasteiger partial charge in [-0.3, -0.25) is 4.79 Å². The molecule has 2 aromatic carbocycles. The van der Waals surface area contributed by atoms with E-state index in [1.165, 1.54) is 0 Å². The van der Waals surface area contributed by atoms with Crippen molar-refractivity contribution in [3.05, 3.63) is 48.5 Å². The molecule has 2 atom stereocenters. The van der Waals surface area contributed by atoms with Crippen molar-refractivity contribution in [1.29, 1.82) is 0 Å². The summed E-state index contributed by atoms with van der Waals surface area (Å²) in [5, 5.41) is 2.93. The van der Waals surface area contributed by atoms with Crippen molar-refractivity contribution in [2.75, 3.05) is 20.8 Å². The van der Waals surface area contributed by atoms with Crippen LogP contribution in [0, 0.1) is 0 Å². The third kappa shape index (κ3) is 6.40. The zero-order valence-electron chi connectivity index (χ0n) is 16.2. The topological polar surface area (TPSA) is 66.0 Å². The summed E-state index contributed by atoms with van der Waals surface area (Å²) < 4.78 is 21.7. The maximum absolute atomic E-state index is 12.5. The van der Waals surface area contributed by atoms with Crippen LogP contribution >= 0.6 is 0 Å². The number of rotatable bonds is 10. The molecule has 0 aliphatic heterocycles. The quantitative estimate of drug-likeness (QED) is 0.691. The fraction of sp³-hybridized carbons (Fsp3) is 0.381. The van der Waals surface area contributed by atoms with Gasteiger partial charge in [0.1, 0.15) is 29.6 Å². The molecule has 6 heteroatoms. The molecule has 1 amide bonds. The number of hydrogen-bond acceptors (Lipinski definition) is 5.